The largest absolute Gasteiger partial charge is 0.493 e. The Balaban J connectivity index is 1.29. The van der Waals surface area contributed by atoms with E-state index in [4.69, 9.17) is 4.74 Å². The molecule has 0 saturated carbocycles. The molecule has 27 heavy (non-hydrogen) atoms. The van der Waals surface area contributed by atoms with E-state index >= 15 is 0 Å². The fourth-order valence-electron chi connectivity index (χ4n) is 4.86. The van der Waals surface area contributed by atoms with Crippen molar-refractivity contribution in [3.05, 3.63) is 29.8 Å². The lowest BCUT2D eigenvalue weighted by Gasteiger charge is -2.30. The van der Waals surface area contributed by atoms with Gasteiger partial charge >= 0.3 is 0 Å². The molecule has 0 amide bonds. The lowest BCUT2D eigenvalue weighted by atomic mass is 9.93. The predicted octanol–water partition coefficient (Wildman–Crippen LogP) is 2.94. The molecule has 0 aromatic heterocycles. The van der Waals surface area contributed by atoms with Crippen LogP contribution in [0.3, 0.4) is 0 Å². The number of fused-ring (bicyclic) bond motifs is 1. The van der Waals surface area contributed by atoms with Gasteiger partial charge in [-0.2, -0.15) is 0 Å². The van der Waals surface area contributed by atoms with Crippen LogP contribution in [0.25, 0.3) is 0 Å². The average molecular weight is 371 g/mol. The Morgan fingerprint density at radius 3 is 2.85 bits per heavy atom. The summed E-state index contributed by atoms with van der Waals surface area (Å²) in [5, 5.41) is 3.65. The summed E-state index contributed by atoms with van der Waals surface area (Å²) in [5.41, 5.74) is 1.33. The summed E-state index contributed by atoms with van der Waals surface area (Å²) >= 11 is 0. The molecule has 0 bridgehead atoms. The first-order valence-electron chi connectivity index (χ1n) is 10.7. The van der Waals surface area contributed by atoms with Gasteiger partial charge in [-0.1, -0.05) is 24.6 Å². The molecular weight excluding hydrogens is 336 g/mol. The maximum atomic E-state index is 5.80. The maximum absolute atomic E-state index is 5.80. The summed E-state index contributed by atoms with van der Waals surface area (Å²) in [6, 6.07) is 8.46. The third-order valence-corrected chi connectivity index (χ3v) is 6.35. The van der Waals surface area contributed by atoms with Crippen molar-refractivity contribution in [3.63, 3.8) is 0 Å². The molecule has 5 heteroatoms. The summed E-state index contributed by atoms with van der Waals surface area (Å²) in [7, 11) is 1.91. The Labute approximate surface area is 163 Å². The van der Waals surface area contributed by atoms with Gasteiger partial charge in [-0.15, -0.1) is 0 Å². The molecule has 3 aliphatic rings. The van der Waals surface area contributed by atoms with Crippen LogP contribution >= 0.6 is 0 Å². The number of nitrogens with one attached hydrogen (secondary N) is 1. The van der Waals surface area contributed by atoms with E-state index in [2.05, 4.69) is 44.4 Å². The summed E-state index contributed by atoms with van der Waals surface area (Å²) in [6.07, 6.45) is 6.54. The van der Waals surface area contributed by atoms with Crippen molar-refractivity contribution in [1.82, 2.24) is 15.1 Å². The van der Waals surface area contributed by atoms with Gasteiger partial charge in [0.2, 0.25) is 0 Å². The standard InChI is InChI=1S/C22H34N4O/c1-23-22(24-15-19-10-14-27-21-8-4-3-7-20(19)21)26-13-9-18(17-26)16-25-11-5-2-6-12-25/h3-4,7-8,18-19H,2,5-6,9-17H2,1H3,(H,23,24). The Morgan fingerprint density at radius 2 is 2.00 bits per heavy atom. The summed E-state index contributed by atoms with van der Waals surface area (Å²) < 4.78 is 5.80. The van der Waals surface area contributed by atoms with Crippen molar-refractivity contribution in [2.75, 3.05) is 52.9 Å². The van der Waals surface area contributed by atoms with Crippen LogP contribution in [0.5, 0.6) is 5.75 Å². The molecule has 0 spiro atoms. The number of guanidine groups is 1. The van der Waals surface area contributed by atoms with Crippen LogP contribution in [0.2, 0.25) is 0 Å². The van der Waals surface area contributed by atoms with E-state index in [0.29, 0.717) is 5.92 Å². The van der Waals surface area contributed by atoms with Gasteiger partial charge in [-0.05, 0) is 56.3 Å². The van der Waals surface area contributed by atoms with Crippen molar-refractivity contribution >= 4 is 5.96 Å². The van der Waals surface area contributed by atoms with Crippen LogP contribution < -0.4 is 10.1 Å². The Morgan fingerprint density at radius 1 is 1.15 bits per heavy atom. The fourth-order valence-corrected chi connectivity index (χ4v) is 4.86. The first kappa shape index (κ1) is 18.6. The maximum Gasteiger partial charge on any atom is 0.193 e. The average Bonchev–Trinajstić information content (AvgIpc) is 3.17. The molecule has 4 rings (SSSR count). The van der Waals surface area contributed by atoms with E-state index in [1.54, 1.807) is 0 Å². The van der Waals surface area contributed by atoms with Gasteiger partial charge in [-0.3, -0.25) is 4.99 Å². The molecule has 0 radical (unpaired) electrons. The van der Waals surface area contributed by atoms with E-state index in [1.165, 1.54) is 50.9 Å². The quantitative estimate of drug-likeness (QED) is 0.653. The number of nitrogens with zero attached hydrogens (tertiary/aromatic N) is 3. The van der Waals surface area contributed by atoms with Gasteiger partial charge in [0.05, 0.1) is 6.61 Å². The van der Waals surface area contributed by atoms with E-state index in [9.17, 15) is 0 Å². The van der Waals surface area contributed by atoms with Crippen LogP contribution in [0, 0.1) is 5.92 Å². The highest BCUT2D eigenvalue weighted by Crippen LogP contribution is 2.32. The van der Waals surface area contributed by atoms with Crippen molar-refractivity contribution in [1.29, 1.82) is 0 Å². The molecule has 2 fully saturated rings. The van der Waals surface area contributed by atoms with E-state index in [0.717, 1.165) is 50.3 Å². The third-order valence-electron chi connectivity index (χ3n) is 6.35. The Kier molecular flexibility index (Phi) is 6.17. The number of rotatable bonds is 4. The van der Waals surface area contributed by atoms with Gasteiger partial charge in [-0.25, -0.2) is 0 Å². The molecular formula is C22H34N4O. The van der Waals surface area contributed by atoms with Crippen LogP contribution in [-0.2, 0) is 0 Å². The highest BCUT2D eigenvalue weighted by Gasteiger charge is 2.28. The van der Waals surface area contributed by atoms with Gasteiger partial charge in [0.1, 0.15) is 5.75 Å². The fraction of sp³-hybridized carbons (Fsp3) is 0.682. The second kappa shape index (κ2) is 8.96. The highest BCUT2D eigenvalue weighted by molar-refractivity contribution is 5.80. The number of piperidine rings is 1. The van der Waals surface area contributed by atoms with Crippen LogP contribution in [0.4, 0.5) is 0 Å². The number of ether oxygens (including phenoxy) is 1. The minimum absolute atomic E-state index is 0.499. The number of likely N-dealkylation sites (tertiary alicyclic amines) is 2. The molecule has 1 N–H and O–H groups in total. The third kappa shape index (κ3) is 4.57. The lowest BCUT2D eigenvalue weighted by Crippen LogP contribution is -2.43. The number of hydrogen-bond donors (Lipinski definition) is 1. The topological polar surface area (TPSA) is 40.1 Å². The zero-order valence-corrected chi connectivity index (χ0v) is 16.7. The van der Waals surface area contributed by atoms with E-state index in [-0.39, 0.29) is 0 Å². The summed E-state index contributed by atoms with van der Waals surface area (Å²) in [4.78, 5) is 9.71. The van der Waals surface area contributed by atoms with Crippen molar-refractivity contribution in [2.45, 2.75) is 38.0 Å². The van der Waals surface area contributed by atoms with Crippen LogP contribution in [-0.4, -0.2) is 68.7 Å². The smallest absolute Gasteiger partial charge is 0.193 e. The summed E-state index contributed by atoms with van der Waals surface area (Å²) in [6.45, 7) is 7.87. The number of aliphatic imine (C=N–C) groups is 1. The molecule has 0 aliphatic carbocycles. The lowest BCUT2D eigenvalue weighted by molar-refractivity contribution is 0.198. The number of hydrogen-bond acceptors (Lipinski definition) is 3. The molecule has 1 aromatic carbocycles. The molecule has 5 nitrogen and oxygen atoms in total. The van der Waals surface area contributed by atoms with Gasteiger partial charge < -0.3 is 19.9 Å². The molecule has 148 valence electrons. The molecule has 2 atom stereocenters. The van der Waals surface area contributed by atoms with Crippen molar-refractivity contribution < 1.29 is 4.74 Å². The highest BCUT2D eigenvalue weighted by atomic mass is 16.5. The molecule has 2 unspecified atom stereocenters. The Bertz CT molecular complexity index is 641. The Hall–Kier alpha value is -1.75. The van der Waals surface area contributed by atoms with Gasteiger partial charge in [0, 0.05) is 39.1 Å². The minimum atomic E-state index is 0.499. The van der Waals surface area contributed by atoms with E-state index < -0.39 is 0 Å². The zero-order chi connectivity index (χ0) is 18.5. The number of para-hydroxylation sites is 1. The summed E-state index contributed by atoms with van der Waals surface area (Å²) in [5.74, 6) is 3.40. The first-order valence-corrected chi connectivity index (χ1v) is 10.7. The molecule has 1 aromatic rings. The first-order chi connectivity index (χ1) is 13.3. The molecule has 3 heterocycles. The van der Waals surface area contributed by atoms with Gasteiger partial charge in [0.15, 0.2) is 5.96 Å². The number of benzene rings is 1. The molecule has 2 saturated heterocycles. The van der Waals surface area contributed by atoms with Crippen LogP contribution in [0.1, 0.15) is 43.6 Å². The normalized spacial score (nSPS) is 26.6. The predicted molar refractivity (Wildman–Crippen MR) is 111 cm³/mol. The monoisotopic (exact) mass is 370 g/mol. The van der Waals surface area contributed by atoms with Crippen molar-refractivity contribution in [3.8, 4) is 5.75 Å². The van der Waals surface area contributed by atoms with Crippen molar-refractivity contribution in [2.24, 2.45) is 10.9 Å². The molecule has 3 aliphatic heterocycles. The second-order valence-electron chi connectivity index (χ2n) is 8.26. The SMILES string of the molecule is CN=C(NCC1CCOc2ccccc21)N1CCC(CN2CCCCC2)C1. The van der Waals surface area contributed by atoms with Gasteiger partial charge in [0.25, 0.3) is 0 Å². The van der Waals surface area contributed by atoms with Crippen LogP contribution in [0.15, 0.2) is 29.3 Å². The minimum Gasteiger partial charge on any atom is -0.493 e. The zero-order valence-electron chi connectivity index (χ0n) is 16.7. The van der Waals surface area contributed by atoms with E-state index in [1.807, 2.05) is 7.05 Å². The second-order valence-corrected chi connectivity index (χ2v) is 8.26.